The van der Waals surface area contributed by atoms with Gasteiger partial charge in [0, 0.05) is 6.42 Å². The summed E-state index contributed by atoms with van der Waals surface area (Å²) >= 11 is 2.81. The molecule has 0 spiro atoms. The smallest absolute Gasteiger partial charge is 0.303 e. The van der Waals surface area contributed by atoms with Crippen LogP contribution in [0, 0.1) is 0 Å². The van der Waals surface area contributed by atoms with E-state index in [1.54, 1.807) is 0 Å². The first kappa shape index (κ1) is 17.4. The maximum atomic E-state index is 11.2. The third kappa shape index (κ3) is 11.2. The van der Waals surface area contributed by atoms with Gasteiger partial charge in [-0.2, -0.15) is 0 Å². The van der Waals surface area contributed by atoms with E-state index >= 15 is 0 Å². The maximum absolute atomic E-state index is 11.2. The Morgan fingerprint density at radius 3 is 2.00 bits per heavy atom. The Labute approximate surface area is 105 Å². The Morgan fingerprint density at radius 1 is 1.12 bits per heavy atom. The molecule has 0 radical (unpaired) electrons. The van der Waals surface area contributed by atoms with Gasteiger partial charge in [0.1, 0.15) is 0 Å². The monoisotopic (exact) mass is 356 g/mol. The highest BCUT2D eigenvalue weighted by atomic mass is 79.9. The highest BCUT2D eigenvalue weighted by molar-refractivity contribution is 9.10. The third-order valence-corrected chi connectivity index (χ3v) is 3.13. The molecule has 0 aliphatic heterocycles. The SMILES string of the molecule is O=C(CCOP(=O)(O)O)C(Br)COP(=O)(O)O. The largest absolute Gasteiger partial charge is 0.469 e. The summed E-state index contributed by atoms with van der Waals surface area (Å²) in [5.41, 5.74) is 0. The number of halogens is 1. The van der Waals surface area contributed by atoms with Gasteiger partial charge in [-0.1, -0.05) is 15.9 Å². The van der Waals surface area contributed by atoms with Gasteiger partial charge in [0.25, 0.3) is 0 Å². The van der Waals surface area contributed by atoms with Crippen molar-refractivity contribution in [3.63, 3.8) is 0 Å². The van der Waals surface area contributed by atoms with E-state index in [-0.39, 0.29) is 6.42 Å². The highest BCUT2D eigenvalue weighted by Gasteiger charge is 2.22. The van der Waals surface area contributed by atoms with Crippen LogP contribution < -0.4 is 0 Å². The Hall–Kier alpha value is 0.370. The van der Waals surface area contributed by atoms with Crippen LogP contribution >= 0.6 is 31.6 Å². The summed E-state index contributed by atoms with van der Waals surface area (Å²) < 4.78 is 28.7. The van der Waals surface area contributed by atoms with Crippen molar-refractivity contribution in [2.24, 2.45) is 0 Å². The van der Waals surface area contributed by atoms with Gasteiger partial charge in [0.2, 0.25) is 0 Å². The van der Waals surface area contributed by atoms with Crippen LogP contribution in [-0.2, 0) is 23.0 Å². The van der Waals surface area contributed by atoms with Gasteiger partial charge in [-0.25, -0.2) is 9.13 Å². The van der Waals surface area contributed by atoms with Gasteiger partial charge >= 0.3 is 15.6 Å². The fourth-order valence-corrected chi connectivity index (χ4v) is 1.92. The average molecular weight is 357 g/mol. The summed E-state index contributed by atoms with van der Waals surface area (Å²) in [6.45, 7) is -1.06. The molecule has 17 heavy (non-hydrogen) atoms. The van der Waals surface area contributed by atoms with Crippen molar-refractivity contribution in [2.75, 3.05) is 13.2 Å². The van der Waals surface area contributed by atoms with Gasteiger partial charge < -0.3 is 19.6 Å². The lowest BCUT2D eigenvalue weighted by Gasteiger charge is -2.10. The van der Waals surface area contributed by atoms with Crippen LogP contribution in [0.1, 0.15) is 6.42 Å². The molecule has 4 N–H and O–H groups in total. The number of rotatable bonds is 8. The minimum absolute atomic E-state index is 0.328. The van der Waals surface area contributed by atoms with Crippen LogP contribution in [0.15, 0.2) is 0 Å². The number of carbonyl (C=O) groups is 1. The van der Waals surface area contributed by atoms with Crippen LogP contribution in [0.3, 0.4) is 0 Å². The molecule has 0 aromatic rings. The quantitative estimate of drug-likeness (QED) is 0.346. The molecule has 0 heterocycles. The summed E-state index contributed by atoms with van der Waals surface area (Å²) in [5, 5.41) is 0. The Kier molecular flexibility index (Phi) is 7.23. The fraction of sp³-hybridized carbons (Fsp3) is 0.800. The number of ketones is 1. The van der Waals surface area contributed by atoms with E-state index < -0.39 is 39.5 Å². The summed E-state index contributed by atoms with van der Waals surface area (Å²) in [7, 11) is -9.27. The van der Waals surface area contributed by atoms with E-state index in [2.05, 4.69) is 25.0 Å². The van der Waals surface area contributed by atoms with Crippen molar-refractivity contribution < 1.29 is 42.5 Å². The lowest BCUT2D eigenvalue weighted by molar-refractivity contribution is -0.119. The molecular weight excluding hydrogens is 346 g/mol. The molecule has 0 rings (SSSR count). The van der Waals surface area contributed by atoms with Crippen molar-refractivity contribution in [3.05, 3.63) is 0 Å². The molecule has 102 valence electrons. The van der Waals surface area contributed by atoms with Gasteiger partial charge in [0.05, 0.1) is 18.0 Å². The number of hydrogen-bond donors (Lipinski definition) is 4. The molecule has 9 nitrogen and oxygen atoms in total. The molecule has 0 aromatic heterocycles. The minimum Gasteiger partial charge on any atom is -0.303 e. The summed E-state index contributed by atoms with van der Waals surface area (Å²) in [6, 6.07) is 0. The molecule has 0 saturated carbocycles. The van der Waals surface area contributed by atoms with Crippen molar-refractivity contribution in [3.8, 4) is 0 Å². The number of alkyl halides is 1. The predicted molar refractivity (Wildman–Crippen MR) is 58.3 cm³/mol. The van der Waals surface area contributed by atoms with Gasteiger partial charge in [-0.05, 0) is 0 Å². The molecule has 1 unspecified atom stereocenters. The van der Waals surface area contributed by atoms with E-state index in [1.165, 1.54) is 0 Å². The van der Waals surface area contributed by atoms with Gasteiger partial charge in [-0.15, -0.1) is 0 Å². The van der Waals surface area contributed by atoms with Crippen LogP contribution in [0.2, 0.25) is 0 Å². The van der Waals surface area contributed by atoms with E-state index in [0.717, 1.165) is 0 Å². The molecule has 12 heteroatoms. The Morgan fingerprint density at radius 2 is 1.59 bits per heavy atom. The first-order valence-corrected chi connectivity index (χ1v) is 8.06. The normalized spacial score (nSPS) is 14.6. The van der Waals surface area contributed by atoms with Gasteiger partial charge in [-0.3, -0.25) is 13.8 Å². The van der Waals surface area contributed by atoms with E-state index in [4.69, 9.17) is 19.6 Å². The lowest BCUT2D eigenvalue weighted by atomic mass is 10.2. The fourth-order valence-electron chi connectivity index (χ4n) is 0.677. The van der Waals surface area contributed by atoms with Crippen LogP contribution in [0.4, 0.5) is 0 Å². The molecule has 0 bridgehead atoms. The third-order valence-electron chi connectivity index (χ3n) is 1.35. The number of Topliss-reactive ketones (excluding diaryl/α,β-unsaturated/α-hetero) is 1. The van der Waals surface area contributed by atoms with E-state index in [0.29, 0.717) is 0 Å². The Balaban J connectivity index is 3.91. The van der Waals surface area contributed by atoms with E-state index in [9.17, 15) is 13.9 Å². The first-order chi connectivity index (χ1) is 7.51. The number of hydrogen-bond acceptors (Lipinski definition) is 5. The summed E-state index contributed by atoms with van der Waals surface area (Å²) in [5.74, 6) is -0.563. The minimum atomic E-state index is -4.65. The van der Waals surface area contributed by atoms with Crippen molar-refractivity contribution in [1.82, 2.24) is 0 Å². The molecule has 0 aromatic carbocycles. The summed E-state index contributed by atoms with van der Waals surface area (Å²) in [4.78, 5) is 43.6. The molecule has 0 amide bonds. The van der Waals surface area contributed by atoms with Crippen LogP contribution in [-0.4, -0.2) is 43.4 Å². The van der Waals surface area contributed by atoms with Crippen LogP contribution in [0.25, 0.3) is 0 Å². The number of phosphoric acid groups is 2. The first-order valence-electron chi connectivity index (χ1n) is 4.08. The highest BCUT2D eigenvalue weighted by Crippen LogP contribution is 2.37. The van der Waals surface area contributed by atoms with Gasteiger partial charge in [0.15, 0.2) is 5.78 Å². The maximum Gasteiger partial charge on any atom is 0.469 e. The molecule has 0 fully saturated rings. The topological polar surface area (TPSA) is 151 Å². The van der Waals surface area contributed by atoms with Crippen molar-refractivity contribution >= 4 is 37.4 Å². The second-order valence-corrected chi connectivity index (χ2v) is 6.38. The predicted octanol–water partition coefficient (Wildman–Crippen LogP) is -0.0723. The number of phosphoric ester groups is 2. The zero-order valence-corrected chi connectivity index (χ0v) is 11.7. The van der Waals surface area contributed by atoms with Crippen molar-refractivity contribution in [1.29, 1.82) is 0 Å². The standard InChI is InChI=1S/C5H11BrO9P2/c6-4(3-15-17(11,12)13)5(7)1-2-14-16(8,9)10/h4H,1-3H2,(H2,8,9,10)(H2,11,12,13). The average Bonchev–Trinajstić information content (AvgIpc) is 2.10. The molecular formula is C5H11BrO9P2. The summed E-state index contributed by atoms with van der Waals surface area (Å²) in [6.07, 6.45) is -0.328. The zero-order chi connectivity index (χ0) is 13.7. The second kappa shape index (κ2) is 7.08. The Bertz CT molecular complexity index is 345. The molecule has 1 atom stereocenters. The lowest BCUT2D eigenvalue weighted by Crippen LogP contribution is -2.20. The second-order valence-electron chi connectivity index (χ2n) is 2.79. The van der Waals surface area contributed by atoms with Crippen molar-refractivity contribution in [2.45, 2.75) is 11.2 Å². The molecule has 0 aliphatic carbocycles. The van der Waals surface area contributed by atoms with Crippen LogP contribution in [0.5, 0.6) is 0 Å². The molecule has 0 aliphatic rings. The zero-order valence-electron chi connectivity index (χ0n) is 8.30. The molecule has 0 saturated heterocycles. The number of carbonyl (C=O) groups excluding carboxylic acids is 1. The van der Waals surface area contributed by atoms with E-state index in [1.807, 2.05) is 0 Å².